The van der Waals surface area contributed by atoms with E-state index in [1.165, 1.54) is 12.1 Å². The van der Waals surface area contributed by atoms with Crippen LogP contribution in [-0.4, -0.2) is 16.9 Å². The molecule has 2 atom stereocenters. The molecule has 1 rings (SSSR count). The Hall–Kier alpha value is -2.04. The highest BCUT2D eigenvalue weighted by molar-refractivity contribution is 5.85. The van der Waals surface area contributed by atoms with Gasteiger partial charge in [0.1, 0.15) is 5.75 Å². The van der Waals surface area contributed by atoms with Crippen LogP contribution < -0.4 is 11.5 Å². The van der Waals surface area contributed by atoms with Crippen molar-refractivity contribution in [1.82, 2.24) is 0 Å². The van der Waals surface area contributed by atoms with Gasteiger partial charge < -0.3 is 16.6 Å². The Balaban J connectivity index is 2.84. The molecule has 1 aromatic rings. The number of carbonyl (C=O) groups is 2. The summed E-state index contributed by atoms with van der Waals surface area (Å²) in [5.74, 6) is -2.19. The maximum absolute atomic E-state index is 11.3. The second kappa shape index (κ2) is 5.34. The van der Waals surface area contributed by atoms with Crippen molar-refractivity contribution in [2.45, 2.75) is 13.3 Å². The van der Waals surface area contributed by atoms with Crippen molar-refractivity contribution < 1.29 is 14.7 Å². The first-order chi connectivity index (χ1) is 7.91. The van der Waals surface area contributed by atoms with Gasteiger partial charge in [0.15, 0.2) is 0 Å². The zero-order chi connectivity index (χ0) is 13.0. The SMILES string of the molecule is CC(C(N)=O)[C@H](Cc1ccc(O)cc1)C(N)=O. The quantitative estimate of drug-likeness (QED) is 0.677. The van der Waals surface area contributed by atoms with Crippen LogP contribution in [0.15, 0.2) is 24.3 Å². The number of phenolic OH excluding ortho intramolecular Hbond substituents is 1. The number of rotatable bonds is 5. The van der Waals surface area contributed by atoms with Gasteiger partial charge in [0.05, 0.1) is 5.92 Å². The van der Waals surface area contributed by atoms with Gasteiger partial charge in [0.25, 0.3) is 0 Å². The topological polar surface area (TPSA) is 106 Å². The van der Waals surface area contributed by atoms with Crippen LogP contribution in [0.5, 0.6) is 5.75 Å². The lowest BCUT2D eigenvalue weighted by Crippen LogP contribution is -2.37. The summed E-state index contributed by atoms with van der Waals surface area (Å²) < 4.78 is 0. The third-order valence-electron chi connectivity index (χ3n) is 2.81. The molecule has 0 aliphatic heterocycles. The van der Waals surface area contributed by atoms with E-state index < -0.39 is 23.7 Å². The Kier molecular flexibility index (Phi) is 4.09. The second-order valence-electron chi connectivity index (χ2n) is 4.07. The Labute approximate surface area is 99.4 Å². The molecule has 2 amide bonds. The molecule has 5 heteroatoms. The van der Waals surface area contributed by atoms with E-state index in [0.29, 0.717) is 6.42 Å². The molecule has 0 aliphatic rings. The van der Waals surface area contributed by atoms with E-state index in [1.807, 2.05) is 0 Å². The van der Waals surface area contributed by atoms with Gasteiger partial charge in [-0.25, -0.2) is 0 Å². The molecule has 0 heterocycles. The summed E-state index contributed by atoms with van der Waals surface area (Å²) >= 11 is 0. The standard InChI is InChI=1S/C12H16N2O3/c1-7(11(13)16)10(12(14)17)6-8-2-4-9(15)5-3-8/h2-5,7,10,15H,6H2,1H3,(H2,13,16)(H2,14,17)/t7?,10-/m0/s1. The van der Waals surface area contributed by atoms with Crippen molar-refractivity contribution in [2.75, 3.05) is 0 Å². The fourth-order valence-electron chi connectivity index (χ4n) is 1.61. The van der Waals surface area contributed by atoms with Gasteiger partial charge >= 0.3 is 0 Å². The van der Waals surface area contributed by atoms with Gasteiger partial charge in [0.2, 0.25) is 11.8 Å². The highest BCUT2D eigenvalue weighted by atomic mass is 16.3. The van der Waals surface area contributed by atoms with Crippen molar-refractivity contribution in [1.29, 1.82) is 0 Å². The highest BCUT2D eigenvalue weighted by Crippen LogP contribution is 2.19. The van der Waals surface area contributed by atoms with E-state index >= 15 is 0 Å². The Morgan fingerprint density at radius 3 is 2.12 bits per heavy atom. The van der Waals surface area contributed by atoms with Crippen molar-refractivity contribution in [2.24, 2.45) is 23.3 Å². The molecule has 1 aromatic carbocycles. The van der Waals surface area contributed by atoms with Gasteiger partial charge in [-0.2, -0.15) is 0 Å². The van der Waals surface area contributed by atoms with Crippen LogP contribution in [0.4, 0.5) is 0 Å². The lowest BCUT2D eigenvalue weighted by molar-refractivity contribution is -0.130. The minimum absolute atomic E-state index is 0.146. The average molecular weight is 236 g/mol. The number of amides is 2. The minimum Gasteiger partial charge on any atom is -0.508 e. The Morgan fingerprint density at radius 1 is 1.18 bits per heavy atom. The summed E-state index contributed by atoms with van der Waals surface area (Å²) in [5.41, 5.74) is 11.2. The summed E-state index contributed by atoms with van der Waals surface area (Å²) in [5, 5.41) is 9.13. The maximum Gasteiger partial charge on any atom is 0.221 e. The van der Waals surface area contributed by atoms with Crippen LogP contribution >= 0.6 is 0 Å². The molecule has 0 radical (unpaired) electrons. The van der Waals surface area contributed by atoms with Gasteiger partial charge in [-0.3, -0.25) is 9.59 Å². The smallest absolute Gasteiger partial charge is 0.221 e. The van der Waals surface area contributed by atoms with Crippen LogP contribution in [0.2, 0.25) is 0 Å². The first kappa shape index (κ1) is 13.0. The zero-order valence-electron chi connectivity index (χ0n) is 9.59. The maximum atomic E-state index is 11.3. The molecule has 5 N–H and O–H groups in total. The molecule has 0 aliphatic carbocycles. The summed E-state index contributed by atoms with van der Waals surface area (Å²) in [7, 11) is 0. The number of nitrogens with two attached hydrogens (primary N) is 2. The van der Waals surface area contributed by atoms with Crippen molar-refractivity contribution >= 4 is 11.8 Å². The lowest BCUT2D eigenvalue weighted by Gasteiger charge is -2.18. The van der Waals surface area contributed by atoms with Crippen LogP contribution in [0.1, 0.15) is 12.5 Å². The number of benzene rings is 1. The number of hydrogen-bond acceptors (Lipinski definition) is 3. The third-order valence-corrected chi connectivity index (χ3v) is 2.81. The Bertz CT molecular complexity index is 414. The van der Waals surface area contributed by atoms with Crippen LogP contribution in [-0.2, 0) is 16.0 Å². The molecular weight excluding hydrogens is 220 g/mol. The fourth-order valence-corrected chi connectivity index (χ4v) is 1.61. The number of phenols is 1. The van der Waals surface area contributed by atoms with E-state index in [4.69, 9.17) is 16.6 Å². The number of aromatic hydroxyl groups is 1. The summed E-state index contributed by atoms with van der Waals surface area (Å²) in [6, 6.07) is 6.39. The summed E-state index contributed by atoms with van der Waals surface area (Å²) in [6.45, 7) is 1.58. The molecule has 1 unspecified atom stereocenters. The van der Waals surface area contributed by atoms with Crippen molar-refractivity contribution in [3.8, 4) is 5.75 Å². The van der Waals surface area contributed by atoms with E-state index in [1.54, 1.807) is 19.1 Å². The van der Waals surface area contributed by atoms with E-state index in [-0.39, 0.29) is 5.75 Å². The van der Waals surface area contributed by atoms with Gasteiger partial charge in [-0.05, 0) is 24.1 Å². The third kappa shape index (κ3) is 3.48. The van der Waals surface area contributed by atoms with E-state index in [0.717, 1.165) is 5.56 Å². The average Bonchev–Trinajstić information content (AvgIpc) is 2.26. The molecule has 0 saturated heterocycles. The summed E-state index contributed by atoms with van der Waals surface area (Å²) in [6.07, 6.45) is 0.333. The lowest BCUT2D eigenvalue weighted by atomic mass is 9.87. The number of primary amides is 2. The molecule has 5 nitrogen and oxygen atoms in total. The molecule has 17 heavy (non-hydrogen) atoms. The Morgan fingerprint density at radius 2 is 1.71 bits per heavy atom. The minimum atomic E-state index is -0.628. The molecule has 0 bridgehead atoms. The molecule has 0 saturated carbocycles. The monoisotopic (exact) mass is 236 g/mol. The first-order valence-electron chi connectivity index (χ1n) is 5.28. The van der Waals surface area contributed by atoms with Crippen molar-refractivity contribution in [3.63, 3.8) is 0 Å². The summed E-state index contributed by atoms with van der Waals surface area (Å²) in [4.78, 5) is 22.3. The largest absolute Gasteiger partial charge is 0.508 e. The highest BCUT2D eigenvalue weighted by Gasteiger charge is 2.27. The molecule has 0 spiro atoms. The molecule has 92 valence electrons. The fraction of sp³-hybridized carbons (Fsp3) is 0.333. The molecule has 0 fully saturated rings. The zero-order valence-corrected chi connectivity index (χ0v) is 9.59. The van der Waals surface area contributed by atoms with Gasteiger partial charge in [0, 0.05) is 5.92 Å². The van der Waals surface area contributed by atoms with Gasteiger partial charge in [-0.1, -0.05) is 19.1 Å². The van der Waals surface area contributed by atoms with Crippen LogP contribution in [0, 0.1) is 11.8 Å². The second-order valence-corrected chi connectivity index (χ2v) is 4.07. The van der Waals surface area contributed by atoms with Gasteiger partial charge in [-0.15, -0.1) is 0 Å². The predicted molar refractivity (Wildman–Crippen MR) is 62.9 cm³/mol. The normalized spacial score (nSPS) is 13.9. The number of hydrogen-bond donors (Lipinski definition) is 3. The predicted octanol–water partition coefficient (Wildman–Crippen LogP) is 0.158. The van der Waals surface area contributed by atoms with Crippen LogP contribution in [0.3, 0.4) is 0 Å². The number of carbonyl (C=O) groups excluding carboxylic acids is 2. The van der Waals surface area contributed by atoms with Crippen molar-refractivity contribution in [3.05, 3.63) is 29.8 Å². The molecule has 0 aromatic heterocycles. The van der Waals surface area contributed by atoms with Crippen LogP contribution in [0.25, 0.3) is 0 Å². The first-order valence-corrected chi connectivity index (χ1v) is 5.28. The molecular formula is C12H16N2O3. The van der Waals surface area contributed by atoms with E-state index in [9.17, 15) is 9.59 Å². The van der Waals surface area contributed by atoms with E-state index in [2.05, 4.69) is 0 Å².